The molecule has 0 saturated carbocycles. The fourth-order valence-electron chi connectivity index (χ4n) is 3.82. The van der Waals surface area contributed by atoms with Crippen molar-refractivity contribution in [2.75, 3.05) is 0 Å². The summed E-state index contributed by atoms with van der Waals surface area (Å²) in [5.41, 5.74) is 2.55. The molecule has 1 aliphatic rings. The van der Waals surface area contributed by atoms with E-state index in [4.69, 9.17) is 5.21 Å². The number of H-pyrrole nitrogens is 1. The second-order valence-electron chi connectivity index (χ2n) is 7.87. The van der Waals surface area contributed by atoms with Gasteiger partial charge >= 0.3 is 6.18 Å². The standard InChI is InChI=1S/C22H22F3N5O3/c23-22(24,25)16-5-1-14(2-6-16)10-26-21(31)20-9-18-19(28-13-27-18)12-29(20)11-15-3-7-17(8-4-15)30(32)33/h1-8,13,20,30,32H,9-12H2,(H,26,31)(H,27,28). The number of halogens is 3. The lowest BCUT2D eigenvalue weighted by molar-refractivity contribution is -0.991. The molecular weight excluding hydrogens is 439 g/mol. The van der Waals surface area contributed by atoms with Gasteiger partial charge in [-0.15, -0.1) is 0 Å². The number of quaternary nitrogens is 1. The first-order valence-corrected chi connectivity index (χ1v) is 10.2. The molecule has 2 unspecified atom stereocenters. The van der Waals surface area contributed by atoms with Crippen molar-refractivity contribution in [2.45, 2.75) is 38.3 Å². The number of carbonyl (C=O) groups excluding carboxylic acids is 1. The highest BCUT2D eigenvalue weighted by molar-refractivity contribution is 5.82. The maximum Gasteiger partial charge on any atom is 0.416 e. The number of fused-ring (bicyclic) bond motifs is 1. The lowest BCUT2D eigenvalue weighted by Gasteiger charge is -2.34. The largest absolute Gasteiger partial charge is 0.595 e. The molecule has 1 amide bonds. The molecule has 0 fully saturated rings. The number of hydrogen-bond donors (Lipinski definition) is 4. The molecule has 2 aromatic carbocycles. The number of benzene rings is 2. The van der Waals surface area contributed by atoms with Crippen LogP contribution >= 0.6 is 0 Å². The lowest BCUT2D eigenvalue weighted by Crippen LogP contribution is -2.99. The molecular formula is C22H22F3N5O3. The minimum Gasteiger partial charge on any atom is -0.595 e. The Bertz CT molecular complexity index is 1100. The van der Waals surface area contributed by atoms with Gasteiger partial charge in [-0.2, -0.15) is 18.4 Å². The monoisotopic (exact) mass is 461 g/mol. The van der Waals surface area contributed by atoms with E-state index in [0.29, 0.717) is 25.1 Å². The van der Waals surface area contributed by atoms with E-state index in [1.807, 2.05) is 4.90 Å². The smallest absolute Gasteiger partial charge is 0.416 e. The van der Waals surface area contributed by atoms with Gasteiger partial charge in [-0.1, -0.05) is 24.3 Å². The molecule has 11 heteroatoms. The number of imidazole rings is 1. The van der Waals surface area contributed by atoms with Crippen LogP contribution in [0.25, 0.3) is 0 Å². The number of carbonyl (C=O) groups is 1. The Morgan fingerprint density at radius 2 is 1.85 bits per heavy atom. The van der Waals surface area contributed by atoms with Crippen molar-refractivity contribution >= 4 is 11.6 Å². The van der Waals surface area contributed by atoms with Crippen molar-refractivity contribution in [3.63, 3.8) is 0 Å². The van der Waals surface area contributed by atoms with Crippen molar-refractivity contribution in [1.82, 2.24) is 20.2 Å². The number of aromatic nitrogens is 2. The Balaban J connectivity index is 1.45. The first kappa shape index (κ1) is 22.9. The number of aromatic amines is 1. The normalized spacial score (nSPS) is 17.4. The molecule has 4 N–H and O–H groups in total. The molecule has 0 bridgehead atoms. The molecule has 3 aromatic rings. The van der Waals surface area contributed by atoms with Crippen molar-refractivity contribution in [3.05, 3.63) is 88.1 Å². The first-order chi connectivity index (χ1) is 15.7. The zero-order chi connectivity index (χ0) is 23.6. The Morgan fingerprint density at radius 1 is 1.18 bits per heavy atom. The summed E-state index contributed by atoms with van der Waals surface area (Å²) >= 11 is 0. The SMILES string of the molecule is O=C(NCc1ccc(C(F)(F)F)cc1)C1Cc2nc[nH]c2CN1Cc1ccc([NH+]([O-])O)cc1. The molecule has 0 saturated heterocycles. The quantitative estimate of drug-likeness (QED) is 0.421. The fraction of sp³-hybridized carbons (Fsp3) is 0.273. The molecule has 4 rings (SSSR count). The lowest BCUT2D eigenvalue weighted by atomic mass is 10.0. The third-order valence-corrected chi connectivity index (χ3v) is 5.63. The molecule has 0 aliphatic carbocycles. The molecule has 33 heavy (non-hydrogen) atoms. The van der Waals surface area contributed by atoms with Crippen LogP contribution in [0.4, 0.5) is 18.9 Å². The van der Waals surface area contributed by atoms with E-state index in [2.05, 4.69) is 15.3 Å². The summed E-state index contributed by atoms with van der Waals surface area (Å²) in [5, 5.41) is 22.0. The molecule has 1 aromatic heterocycles. The summed E-state index contributed by atoms with van der Waals surface area (Å²) in [6.07, 6.45) is -2.45. The van der Waals surface area contributed by atoms with Crippen LogP contribution in [-0.4, -0.2) is 32.0 Å². The van der Waals surface area contributed by atoms with Crippen LogP contribution in [0.1, 0.15) is 28.1 Å². The third-order valence-electron chi connectivity index (χ3n) is 5.63. The van der Waals surface area contributed by atoms with E-state index < -0.39 is 23.0 Å². The molecule has 8 nitrogen and oxygen atoms in total. The maximum absolute atomic E-state index is 13.0. The van der Waals surface area contributed by atoms with Gasteiger partial charge < -0.3 is 15.5 Å². The van der Waals surface area contributed by atoms with Gasteiger partial charge in [0.15, 0.2) is 5.69 Å². The molecule has 2 heterocycles. The van der Waals surface area contributed by atoms with E-state index in [0.717, 1.165) is 29.1 Å². The van der Waals surface area contributed by atoms with Crippen LogP contribution in [0.15, 0.2) is 54.9 Å². The second kappa shape index (κ2) is 9.32. The average molecular weight is 461 g/mol. The summed E-state index contributed by atoms with van der Waals surface area (Å²) in [4.78, 5) is 22.3. The number of alkyl halides is 3. The minimum absolute atomic E-state index is 0.0992. The Kier molecular flexibility index (Phi) is 6.47. The summed E-state index contributed by atoms with van der Waals surface area (Å²) in [5.74, 6) is -0.259. The van der Waals surface area contributed by atoms with E-state index in [-0.39, 0.29) is 18.1 Å². The highest BCUT2D eigenvalue weighted by atomic mass is 19.4. The second-order valence-corrected chi connectivity index (χ2v) is 7.87. The summed E-state index contributed by atoms with van der Waals surface area (Å²) < 4.78 is 38.2. The van der Waals surface area contributed by atoms with Crippen LogP contribution in [0.2, 0.25) is 0 Å². The summed E-state index contributed by atoms with van der Waals surface area (Å²) in [6.45, 7) is 0.965. The van der Waals surface area contributed by atoms with Gasteiger partial charge in [0, 0.05) is 38.2 Å². The topological polar surface area (TPSA) is 109 Å². The van der Waals surface area contributed by atoms with Gasteiger partial charge in [-0.05, 0) is 23.3 Å². The number of nitrogens with one attached hydrogen (secondary N) is 3. The van der Waals surface area contributed by atoms with Crippen LogP contribution < -0.4 is 10.5 Å². The van der Waals surface area contributed by atoms with Gasteiger partial charge in [0.25, 0.3) is 0 Å². The van der Waals surface area contributed by atoms with E-state index in [1.165, 1.54) is 24.3 Å². The predicted octanol–water partition coefficient (Wildman–Crippen LogP) is 2.08. The summed E-state index contributed by atoms with van der Waals surface area (Å²) in [7, 11) is 0. The van der Waals surface area contributed by atoms with E-state index >= 15 is 0 Å². The van der Waals surface area contributed by atoms with Crippen molar-refractivity contribution in [2.24, 2.45) is 0 Å². The Labute approximate surface area is 187 Å². The average Bonchev–Trinajstić information content (AvgIpc) is 3.24. The van der Waals surface area contributed by atoms with Crippen LogP contribution in [0, 0.1) is 5.21 Å². The van der Waals surface area contributed by atoms with Gasteiger partial charge in [0.2, 0.25) is 5.91 Å². The van der Waals surface area contributed by atoms with Gasteiger partial charge in [0.05, 0.1) is 29.3 Å². The predicted molar refractivity (Wildman–Crippen MR) is 111 cm³/mol. The minimum atomic E-state index is -4.41. The maximum atomic E-state index is 13.0. The zero-order valence-corrected chi connectivity index (χ0v) is 17.4. The van der Waals surface area contributed by atoms with E-state index in [1.54, 1.807) is 18.5 Å². The Hall–Kier alpha value is -3.25. The van der Waals surface area contributed by atoms with Crippen molar-refractivity contribution in [3.8, 4) is 0 Å². The van der Waals surface area contributed by atoms with Crippen LogP contribution in [0.5, 0.6) is 0 Å². The van der Waals surface area contributed by atoms with Crippen molar-refractivity contribution in [1.29, 1.82) is 0 Å². The molecule has 2 atom stereocenters. The highest BCUT2D eigenvalue weighted by Crippen LogP contribution is 2.29. The van der Waals surface area contributed by atoms with Gasteiger partial charge in [0.1, 0.15) is 0 Å². The number of rotatable bonds is 6. The summed E-state index contributed by atoms with van der Waals surface area (Å²) in [6, 6.07) is 10.6. The van der Waals surface area contributed by atoms with Crippen LogP contribution in [-0.2, 0) is 37.0 Å². The van der Waals surface area contributed by atoms with Crippen LogP contribution in [0.3, 0.4) is 0 Å². The number of hydrogen-bond acceptors (Lipinski definition) is 5. The van der Waals surface area contributed by atoms with E-state index in [9.17, 15) is 23.2 Å². The molecule has 0 spiro atoms. The molecule has 0 radical (unpaired) electrons. The third kappa shape index (κ3) is 5.40. The first-order valence-electron chi connectivity index (χ1n) is 10.2. The molecule has 1 aliphatic heterocycles. The molecule has 174 valence electrons. The zero-order valence-electron chi connectivity index (χ0n) is 17.4. The van der Waals surface area contributed by atoms with Crippen molar-refractivity contribution < 1.29 is 28.4 Å². The fourth-order valence-corrected chi connectivity index (χ4v) is 3.82. The van der Waals surface area contributed by atoms with Gasteiger partial charge in [-0.25, -0.2) is 10.2 Å². The number of amides is 1. The Morgan fingerprint density at radius 3 is 2.48 bits per heavy atom. The highest BCUT2D eigenvalue weighted by Gasteiger charge is 2.33. The van der Waals surface area contributed by atoms with Gasteiger partial charge in [-0.3, -0.25) is 9.69 Å². The number of nitrogens with zero attached hydrogens (tertiary/aromatic N) is 2.